The van der Waals surface area contributed by atoms with Crippen LogP contribution in [0.1, 0.15) is 45.0 Å². The van der Waals surface area contributed by atoms with Gasteiger partial charge < -0.3 is 15.2 Å². The molecule has 0 aromatic heterocycles. The van der Waals surface area contributed by atoms with E-state index in [1.807, 2.05) is 5.32 Å². The van der Waals surface area contributed by atoms with Crippen LogP contribution in [0.3, 0.4) is 0 Å². The van der Waals surface area contributed by atoms with Crippen LogP contribution >= 0.6 is 0 Å². The van der Waals surface area contributed by atoms with E-state index < -0.39 is 35.7 Å². The van der Waals surface area contributed by atoms with Crippen LogP contribution in [-0.4, -0.2) is 35.7 Å². The van der Waals surface area contributed by atoms with Crippen LogP contribution in [-0.2, 0) is 14.3 Å². The van der Waals surface area contributed by atoms with E-state index in [-0.39, 0.29) is 11.5 Å². The molecule has 0 aliphatic heterocycles. The molecule has 0 radical (unpaired) electrons. The fourth-order valence-electron chi connectivity index (χ4n) is 1.98. The van der Waals surface area contributed by atoms with Gasteiger partial charge in [0.2, 0.25) is 0 Å². The Kier molecular flexibility index (Phi) is 7.33. The number of primary amides is 1. The van der Waals surface area contributed by atoms with Gasteiger partial charge in [-0.3, -0.25) is 15.4 Å². The Morgan fingerprint density at radius 1 is 1.04 bits per heavy atom. The number of urea groups is 1. The number of nitrogens with two attached hydrogens (primary N) is 1. The number of ether oxygens (including phenoxy) is 2. The number of anilines is 1. The fourth-order valence-corrected chi connectivity index (χ4v) is 1.98. The summed E-state index contributed by atoms with van der Waals surface area (Å²) in [6.07, 6.45) is -1.80. The summed E-state index contributed by atoms with van der Waals surface area (Å²) in [6.45, 7) is 8.54. The van der Waals surface area contributed by atoms with Crippen molar-refractivity contribution in [1.82, 2.24) is 5.32 Å². The first kappa shape index (κ1) is 21.9. The molecule has 0 aliphatic rings. The minimum Gasteiger partial charge on any atom is -0.448 e. The van der Waals surface area contributed by atoms with E-state index in [1.54, 1.807) is 34.6 Å². The normalized spacial score (nSPS) is 12.1. The molecule has 0 heterocycles. The van der Waals surface area contributed by atoms with Crippen molar-refractivity contribution in [2.24, 2.45) is 11.7 Å². The molecule has 0 saturated carbocycles. The Labute approximate surface area is 157 Å². The predicted molar refractivity (Wildman–Crippen MR) is 98.1 cm³/mol. The third-order valence-corrected chi connectivity index (χ3v) is 3.11. The number of carbonyl (C=O) groups excluding carboxylic acids is 4. The van der Waals surface area contributed by atoms with E-state index in [0.29, 0.717) is 5.69 Å². The number of amides is 4. The number of imide groups is 1. The quantitative estimate of drug-likeness (QED) is 0.672. The first-order chi connectivity index (χ1) is 12.4. The van der Waals surface area contributed by atoms with Crippen molar-refractivity contribution in [3.8, 4) is 0 Å². The number of esters is 1. The van der Waals surface area contributed by atoms with Crippen LogP contribution in [0.15, 0.2) is 24.3 Å². The maximum atomic E-state index is 12.2. The van der Waals surface area contributed by atoms with E-state index >= 15 is 0 Å². The zero-order valence-corrected chi connectivity index (χ0v) is 16.0. The van der Waals surface area contributed by atoms with Gasteiger partial charge in [-0.25, -0.2) is 14.4 Å². The Balaban J connectivity index is 2.76. The highest BCUT2D eigenvalue weighted by atomic mass is 16.6. The molecule has 1 aromatic carbocycles. The molecule has 9 nitrogen and oxygen atoms in total. The molecular formula is C18H25N3O6. The van der Waals surface area contributed by atoms with E-state index in [0.717, 1.165) is 0 Å². The number of benzene rings is 1. The lowest BCUT2D eigenvalue weighted by molar-refractivity contribution is -0.130. The molecule has 1 aromatic rings. The Bertz CT molecular complexity index is 707. The zero-order valence-electron chi connectivity index (χ0n) is 16.0. The Morgan fingerprint density at radius 2 is 1.59 bits per heavy atom. The minimum atomic E-state index is -1.18. The van der Waals surface area contributed by atoms with Gasteiger partial charge in [0.05, 0.1) is 5.56 Å². The molecule has 148 valence electrons. The molecule has 1 rings (SSSR count). The van der Waals surface area contributed by atoms with Crippen molar-refractivity contribution in [3.05, 3.63) is 29.8 Å². The van der Waals surface area contributed by atoms with Gasteiger partial charge in [-0.2, -0.15) is 0 Å². The zero-order chi connectivity index (χ0) is 20.8. The smallest absolute Gasteiger partial charge is 0.412 e. The lowest BCUT2D eigenvalue weighted by atomic mass is 10.1. The van der Waals surface area contributed by atoms with E-state index in [2.05, 4.69) is 5.32 Å². The summed E-state index contributed by atoms with van der Waals surface area (Å²) in [6, 6.07) is 4.82. The van der Waals surface area contributed by atoms with E-state index in [4.69, 9.17) is 15.2 Å². The molecule has 0 bridgehead atoms. The molecule has 9 heteroatoms. The summed E-state index contributed by atoms with van der Waals surface area (Å²) in [5, 5.41) is 4.43. The summed E-state index contributed by atoms with van der Waals surface area (Å²) >= 11 is 0. The highest BCUT2D eigenvalue weighted by molar-refractivity contribution is 5.98. The molecule has 1 atom stereocenters. The second kappa shape index (κ2) is 9.02. The summed E-state index contributed by atoms with van der Waals surface area (Å²) < 4.78 is 10.3. The van der Waals surface area contributed by atoms with Gasteiger partial charge in [-0.05, 0) is 51.0 Å². The second-order valence-corrected chi connectivity index (χ2v) is 7.13. The predicted octanol–water partition coefficient (Wildman–Crippen LogP) is 2.41. The van der Waals surface area contributed by atoms with Gasteiger partial charge >= 0.3 is 18.1 Å². The van der Waals surface area contributed by atoms with Gasteiger partial charge in [-0.15, -0.1) is 0 Å². The number of hydrogen-bond donors (Lipinski definition) is 3. The van der Waals surface area contributed by atoms with Crippen molar-refractivity contribution < 1.29 is 28.7 Å². The summed E-state index contributed by atoms with van der Waals surface area (Å²) in [5.41, 5.74) is 4.87. The molecule has 0 spiro atoms. The maximum absolute atomic E-state index is 12.2. The van der Waals surface area contributed by atoms with Crippen molar-refractivity contribution >= 4 is 29.7 Å². The van der Waals surface area contributed by atoms with Crippen molar-refractivity contribution in [3.63, 3.8) is 0 Å². The SMILES string of the molecule is CC(C)[C@@H](OC(=O)c1ccc(NC(=O)OC(C)(C)C)cc1)C(=O)NC(N)=O. The average Bonchev–Trinajstić information content (AvgIpc) is 2.50. The van der Waals surface area contributed by atoms with Crippen LogP contribution in [0.5, 0.6) is 0 Å². The average molecular weight is 379 g/mol. The number of nitrogens with one attached hydrogen (secondary N) is 2. The van der Waals surface area contributed by atoms with Gasteiger partial charge in [0.15, 0.2) is 6.10 Å². The van der Waals surface area contributed by atoms with E-state index in [1.165, 1.54) is 24.3 Å². The highest BCUT2D eigenvalue weighted by Crippen LogP contribution is 2.15. The van der Waals surface area contributed by atoms with E-state index in [9.17, 15) is 19.2 Å². The number of carbonyl (C=O) groups is 4. The Morgan fingerprint density at radius 3 is 2.04 bits per heavy atom. The van der Waals surface area contributed by atoms with Crippen molar-refractivity contribution in [2.75, 3.05) is 5.32 Å². The molecule has 4 amide bonds. The van der Waals surface area contributed by atoms with Gasteiger partial charge in [-0.1, -0.05) is 13.8 Å². The van der Waals surface area contributed by atoms with Crippen molar-refractivity contribution in [1.29, 1.82) is 0 Å². The Hall–Kier alpha value is -3.10. The molecule has 0 aliphatic carbocycles. The minimum absolute atomic E-state index is 0.169. The van der Waals surface area contributed by atoms with Crippen LogP contribution in [0.25, 0.3) is 0 Å². The lowest BCUT2D eigenvalue weighted by Gasteiger charge is -2.20. The van der Waals surface area contributed by atoms with Crippen molar-refractivity contribution in [2.45, 2.75) is 46.3 Å². The first-order valence-electron chi connectivity index (χ1n) is 8.30. The van der Waals surface area contributed by atoms with Gasteiger partial charge in [0.1, 0.15) is 5.60 Å². The molecular weight excluding hydrogens is 354 g/mol. The van der Waals surface area contributed by atoms with Crippen LogP contribution in [0, 0.1) is 5.92 Å². The van der Waals surface area contributed by atoms with Gasteiger partial charge in [0.25, 0.3) is 5.91 Å². The summed E-state index contributed by atoms with van der Waals surface area (Å²) in [5.74, 6) is -1.92. The fraction of sp³-hybridized carbons (Fsp3) is 0.444. The molecule has 0 unspecified atom stereocenters. The standard InChI is InChI=1S/C18H25N3O6/c1-10(2)13(14(22)21-16(19)24)26-15(23)11-6-8-12(9-7-11)20-17(25)27-18(3,4)5/h6-10,13H,1-5H3,(H,20,25)(H3,19,21,22,24)/t13-/m1/s1. The topological polar surface area (TPSA) is 137 Å². The molecule has 4 N–H and O–H groups in total. The number of hydrogen-bond acceptors (Lipinski definition) is 6. The monoisotopic (exact) mass is 379 g/mol. The second-order valence-electron chi connectivity index (χ2n) is 7.13. The lowest BCUT2D eigenvalue weighted by Crippen LogP contribution is -2.45. The van der Waals surface area contributed by atoms with Crippen LogP contribution in [0.4, 0.5) is 15.3 Å². The largest absolute Gasteiger partial charge is 0.448 e. The summed E-state index contributed by atoms with van der Waals surface area (Å²) in [4.78, 5) is 46.7. The highest BCUT2D eigenvalue weighted by Gasteiger charge is 2.28. The third kappa shape index (κ3) is 7.76. The summed E-state index contributed by atoms with van der Waals surface area (Å²) in [7, 11) is 0. The van der Waals surface area contributed by atoms with Crippen LogP contribution in [0.2, 0.25) is 0 Å². The first-order valence-corrected chi connectivity index (χ1v) is 8.30. The molecule has 0 fully saturated rings. The van der Waals surface area contributed by atoms with Crippen LogP contribution < -0.4 is 16.4 Å². The third-order valence-electron chi connectivity index (χ3n) is 3.11. The number of rotatable bonds is 5. The molecule has 0 saturated heterocycles. The maximum Gasteiger partial charge on any atom is 0.412 e. The molecule has 27 heavy (non-hydrogen) atoms. The van der Waals surface area contributed by atoms with Gasteiger partial charge in [0, 0.05) is 5.69 Å².